The molecule has 0 radical (unpaired) electrons. The van der Waals surface area contributed by atoms with E-state index < -0.39 is 24.5 Å². The van der Waals surface area contributed by atoms with Crippen LogP contribution >= 0.6 is 22.6 Å². The molecule has 8 nitrogen and oxygen atoms in total. The average molecular weight is 472 g/mol. The summed E-state index contributed by atoms with van der Waals surface area (Å²) in [6, 6.07) is 2.77. The number of hydrogen-bond donors (Lipinski definition) is 1. The number of benzene rings is 1. The van der Waals surface area contributed by atoms with Gasteiger partial charge in [-0.1, -0.05) is 12.7 Å². The van der Waals surface area contributed by atoms with Crippen LogP contribution in [0.3, 0.4) is 0 Å². The maximum Gasteiger partial charge on any atom is 0.329 e. The van der Waals surface area contributed by atoms with E-state index in [1.165, 1.54) is 20.3 Å². The lowest BCUT2D eigenvalue weighted by atomic mass is 10.1. The number of methoxy groups -OCH3 is 2. The Hall–Kier alpha value is -2.56. The van der Waals surface area contributed by atoms with Gasteiger partial charge in [0.2, 0.25) is 0 Å². The molecule has 0 aliphatic carbocycles. The Kier molecular flexibility index (Phi) is 6.61. The first-order valence-corrected chi connectivity index (χ1v) is 8.51. The summed E-state index contributed by atoms with van der Waals surface area (Å²) >= 11 is 2.08. The highest BCUT2D eigenvalue weighted by Crippen LogP contribution is 2.34. The molecular weight excluding hydrogens is 455 g/mol. The summed E-state index contributed by atoms with van der Waals surface area (Å²) in [6.07, 6.45) is 3.12. The first-order valence-electron chi connectivity index (χ1n) is 7.43. The van der Waals surface area contributed by atoms with Crippen molar-refractivity contribution < 1.29 is 28.6 Å². The lowest BCUT2D eigenvalue weighted by molar-refractivity contribution is -0.143. The number of ether oxygens (including phenoxy) is 3. The Bertz CT molecular complexity index is 790. The van der Waals surface area contributed by atoms with E-state index in [9.17, 15) is 14.4 Å². The molecule has 0 unspecified atom stereocenters. The van der Waals surface area contributed by atoms with E-state index in [-0.39, 0.29) is 5.70 Å². The minimum Gasteiger partial charge on any atom is -0.493 e. The highest BCUT2D eigenvalue weighted by Gasteiger charge is 2.35. The van der Waals surface area contributed by atoms with Crippen molar-refractivity contribution in [1.82, 2.24) is 10.2 Å². The first kappa shape index (κ1) is 19.8. The number of amides is 3. The van der Waals surface area contributed by atoms with Crippen LogP contribution in [0.2, 0.25) is 0 Å². The van der Waals surface area contributed by atoms with E-state index in [0.717, 1.165) is 8.47 Å². The van der Waals surface area contributed by atoms with Crippen molar-refractivity contribution in [3.05, 3.63) is 39.6 Å². The van der Waals surface area contributed by atoms with Crippen LogP contribution in [-0.2, 0) is 14.3 Å². The molecule has 2 rings (SSSR count). The van der Waals surface area contributed by atoms with E-state index in [2.05, 4.69) is 39.2 Å². The molecule has 0 bridgehead atoms. The quantitative estimate of drug-likeness (QED) is 0.214. The summed E-state index contributed by atoms with van der Waals surface area (Å²) in [5, 5.41) is 2.44. The topological polar surface area (TPSA) is 94.2 Å². The van der Waals surface area contributed by atoms with Gasteiger partial charge in [0, 0.05) is 0 Å². The zero-order chi connectivity index (χ0) is 19.3. The third-order valence-electron chi connectivity index (χ3n) is 3.39. The van der Waals surface area contributed by atoms with Crippen molar-refractivity contribution in [2.45, 2.75) is 0 Å². The Morgan fingerprint density at radius 3 is 2.69 bits per heavy atom. The first-order chi connectivity index (χ1) is 12.4. The van der Waals surface area contributed by atoms with Crippen molar-refractivity contribution in [3.8, 4) is 11.5 Å². The van der Waals surface area contributed by atoms with Gasteiger partial charge < -0.3 is 19.5 Å². The molecule has 1 fully saturated rings. The van der Waals surface area contributed by atoms with Crippen LogP contribution in [0.25, 0.3) is 6.08 Å². The minimum atomic E-state index is -0.685. The van der Waals surface area contributed by atoms with E-state index in [1.54, 1.807) is 18.2 Å². The van der Waals surface area contributed by atoms with E-state index in [1.807, 2.05) is 0 Å². The Morgan fingerprint density at radius 2 is 2.08 bits per heavy atom. The van der Waals surface area contributed by atoms with Gasteiger partial charge in [-0.15, -0.1) is 0 Å². The van der Waals surface area contributed by atoms with Gasteiger partial charge in [0.25, 0.3) is 5.91 Å². The van der Waals surface area contributed by atoms with Crippen LogP contribution in [0.1, 0.15) is 5.56 Å². The van der Waals surface area contributed by atoms with E-state index >= 15 is 0 Å². The normalized spacial score (nSPS) is 15.0. The molecule has 26 heavy (non-hydrogen) atoms. The van der Waals surface area contributed by atoms with E-state index in [4.69, 9.17) is 9.47 Å². The lowest BCUT2D eigenvalue weighted by Crippen LogP contribution is -2.36. The monoisotopic (exact) mass is 472 g/mol. The fraction of sp³-hybridized carbons (Fsp3) is 0.235. The fourth-order valence-electron chi connectivity index (χ4n) is 2.18. The molecule has 9 heteroatoms. The number of rotatable bonds is 7. The summed E-state index contributed by atoms with van der Waals surface area (Å²) in [5.74, 6) is -0.255. The van der Waals surface area contributed by atoms with Gasteiger partial charge in [-0.2, -0.15) is 0 Å². The molecule has 1 aromatic carbocycles. The molecule has 3 amide bonds. The van der Waals surface area contributed by atoms with Crippen molar-refractivity contribution in [2.24, 2.45) is 0 Å². The largest absolute Gasteiger partial charge is 0.493 e. The van der Waals surface area contributed by atoms with Gasteiger partial charge in [-0.05, 0) is 46.4 Å². The molecule has 0 atom stereocenters. The standard InChI is InChI=1S/C17H17IN2O6/c1-4-5-26-15-11(18)6-10(8-13(15)24-2)7-12-16(22)20(17(23)19-12)9-14(21)25-3/h4,6-8H,1,5,9H2,2-3H3,(H,19,23)/b12-7+. The molecule has 0 saturated carbocycles. The number of hydrogen-bond acceptors (Lipinski definition) is 6. The van der Waals surface area contributed by atoms with Gasteiger partial charge >= 0.3 is 12.0 Å². The van der Waals surface area contributed by atoms with Crippen molar-refractivity contribution in [1.29, 1.82) is 0 Å². The average Bonchev–Trinajstić information content (AvgIpc) is 2.87. The summed E-state index contributed by atoms with van der Waals surface area (Å²) < 4.78 is 16.1. The van der Waals surface area contributed by atoms with Crippen LogP contribution in [0.15, 0.2) is 30.5 Å². The van der Waals surface area contributed by atoms with Crippen LogP contribution in [0, 0.1) is 3.57 Å². The van der Waals surface area contributed by atoms with Crippen LogP contribution < -0.4 is 14.8 Å². The molecule has 1 heterocycles. The van der Waals surface area contributed by atoms with Gasteiger partial charge in [-0.3, -0.25) is 9.59 Å². The fourth-order valence-corrected chi connectivity index (χ4v) is 2.96. The molecule has 1 aliphatic heterocycles. The number of imide groups is 1. The molecule has 1 N–H and O–H groups in total. The third kappa shape index (κ3) is 4.34. The number of carbonyl (C=O) groups is 3. The highest BCUT2D eigenvalue weighted by atomic mass is 127. The predicted octanol–water partition coefficient (Wildman–Crippen LogP) is 1.93. The second kappa shape index (κ2) is 8.70. The van der Waals surface area contributed by atoms with Gasteiger partial charge in [0.1, 0.15) is 18.8 Å². The number of carbonyl (C=O) groups excluding carboxylic acids is 3. The van der Waals surface area contributed by atoms with Gasteiger partial charge in [-0.25, -0.2) is 9.69 Å². The zero-order valence-corrected chi connectivity index (χ0v) is 16.4. The second-order valence-electron chi connectivity index (χ2n) is 5.09. The SMILES string of the molecule is C=CCOc1c(I)cc(/C=C2/NC(=O)N(CC(=O)OC)C2=O)cc1OC. The smallest absolute Gasteiger partial charge is 0.329 e. The molecule has 1 aromatic rings. The predicted molar refractivity (Wildman–Crippen MR) is 102 cm³/mol. The Labute approximate surface area is 163 Å². The molecule has 0 spiro atoms. The van der Waals surface area contributed by atoms with Crippen LogP contribution in [0.5, 0.6) is 11.5 Å². The van der Waals surface area contributed by atoms with Crippen molar-refractivity contribution in [2.75, 3.05) is 27.4 Å². The molecule has 138 valence electrons. The third-order valence-corrected chi connectivity index (χ3v) is 4.19. The summed E-state index contributed by atoms with van der Waals surface area (Å²) in [4.78, 5) is 36.3. The minimum absolute atomic E-state index is 0.0523. The summed E-state index contributed by atoms with van der Waals surface area (Å²) in [7, 11) is 2.69. The van der Waals surface area contributed by atoms with Crippen LogP contribution in [-0.4, -0.2) is 50.2 Å². The van der Waals surface area contributed by atoms with Gasteiger partial charge in [0.15, 0.2) is 11.5 Å². The highest BCUT2D eigenvalue weighted by molar-refractivity contribution is 14.1. The number of halogens is 1. The summed E-state index contributed by atoms with van der Waals surface area (Å²) in [5.41, 5.74) is 0.678. The summed E-state index contributed by atoms with van der Waals surface area (Å²) in [6.45, 7) is 3.48. The van der Waals surface area contributed by atoms with Crippen molar-refractivity contribution >= 4 is 46.6 Å². The Morgan fingerprint density at radius 1 is 1.35 bits per heavy atom. The number of nitrogens with zero attached hydrogens (tertiary/aromatic N) is 1. The van der Waals surface area contributed by atoms with Gasteiger partial charge in [0.05, 0.1) is 17.8 Å². The van der Waals surface area contributed by atoms with Crippen molar-refractivity contribution in [3.63, 3.8) is 0 Å². The van der Waals surface area contributed by atoms with E-state index in [0.29, 0.717) is 23.7 Å². The lowest BCUT2D eigenvalue weighted by Gasteiger charge is -2.12. The maximum absolute atomic E-state index is 12.3. The molecule has 0 aromatic heterocycles. The molecule has 1 aliphatic rings. The number of nitrogens with one attached hydrogen (secondary N) is 1. The zero-order valence-electron chi connectivity index (χ0n) is 14.2. The molecule has 1 saturated heterocycles. The second-order valence-corrected chi connectivity index (χ2v) is 6.25. The maximum atomic E-state index is 12.3. The number of esters is 1. The molecular formula is C17H17IN2O6. The number of urea groups is 1. The van der Waals surface area contributed by atoms with Crippen LogP contribution in [0.4, 0.5) is 4.79 Å². The Balaban J connectivity index is 2.30.